The summed E-state index contributed by atoms with van der Waals surface area (Å²) in [5.74, 6) is 0. The van der Waals surface area contributed by atoms with Crippen LogP contribution in [0.2, 0.25) is 0 Å². The molecule has 1 amide bonds. The number of quaternary nitrogens is 1. The predicted octanol–water partition coefficient (Wildman–Crippen LogP) is -0.419. The number of carbonyl (C=O) groups is 1. The molecule has 0 aromatic heterocycles. The number of likely N-dealkylation sites (N-methyl/N-ethyl adjacent to an activating group) is 1. The van der Waals surface area contributed by atoms with Crippen LogP contribution in [0.5, 0.6) is 0 Å². The summed E-state index contributed by atoms with van der Waals surface area (Å²) in [5.41, 5.74) is 0. The summed E-state index contributed by atoms with van der Waals surface area (Å²) in [7, 11) is 4.37. The summed E-state index contributed by atoms with van der Waals surface area (Å²) in [6.45, 7) is 2.24. The largest absolute Gasteiger partial charge is 0.350 e. The second-order valence-electron chi connectivity index (χ2n) is 3.61. The standard InChI is InChI=1S/C7H14N2O/c1-9(2)4-3-7(5-9)8-6-10/h6-7H,3-5H2,1-2H3/p+1/t7-/m0/s1. The van der Waals surface area contributed by atoms with Crippen molar-refractivity contribution in [2.45, 2.75) is 12.5 Å². The van der Waals surface area contributed by atoms with Crippen molar-refractivity contribution < 1.29 is 9.28 Å². The van der Waals surface area contributed by atoms with Crippen LogP contribution in [0.15, 0.2) is 0 Å². The number of rotatable bonds is 2. The first-order valence-corrected chi connectivity index (χ1v) is 3.66. The van der Waals surface area contributed by atoms with Gasteiger partial charge in [-0.25, -0.2) is 0 Å². The van der Waals surface area contributed by atoms with Crippen LogP contribution in [0.3, 0.4) is 0 Å². The summed E-state index contributed by atoms with van der Waals surface area (Å²) >= 11 is 0. The Morgan fingerprint density at radius 2 is 2.30 bits per heavy atom. The minimum Gasteiger partial charge on any atom is -0.350 e. The molecule has 0 aromatic rings. The predicted molar refractivity (Wildman–Crippen MR) is 39.4 cm³/mol. The van der Waals surface area contributed by atoms with Crippen molar-refractivity contribution in [1.29, 1.82) is 0 Å². The molecule has 0 aliphatic carbocycles. The van der Waals surface area contributed by atoms with Gasteiger partial charge in [-0.15, -0.1) is 0 Å². The average Bonchev–Trinajstić information content (AvgIpc) is 2.12. The maximum absolute atomic E-state index is 10.1. The van der Waals surface area contributed by atoms with Gasteiger partial charge in [-0.3, -0.25) is 4.79 Å². The van der Waals surface area contributed by atoms with E-state index in [1.807, 2.05) is 0 Å². The Morgan fingerprint density at radius 3 is 2.70 bits per heavy atom. The van der Waals surface area contributed by atoms with Gasteiger partial charge >= 0.3 is 0 Å². The zero-order chi connectivity index (χ0) is 7.61. The second kappa shape index (κ2) is 2.58. The topological polar surface area (TPSA) is 29.1 Å². The second-order valence-corrected chi connectivity index (χ2v) is 3.61. The minimum absolute atomic E-state index is 0.410. The highest BCUT2D eigenvalue weighted by atomic mass is 16.1. The third-order valence-corrected chi connectivity index (χ3v) is 2.10. The van der Waals surface area contributed by atoms with Crippen LogP contribution < -0.4 is 5.32 Å². The van der Waals surface area contributed by atoms with Crippen molar-refractivity contribution in [3.05, 3.63) is 0 Å². The Morgan fingerprint density at radius 1 is 1.60 bits per heavy atom. The molecule has 1 atom stereocenters. The summed E-state index contributed by atoms with van der Waals surface area (Å²) in [4.78, 5) is 10.1. The number of nitrogens with zero attached hydrogens (tertiary/aromatic N) is 1. The van der Waals surface area contributed by atoms with Gasteiger partial charge in [-0.2, -0.15) is 0 Å². The number of hydrogen-bond donors (Lipinski definition) is 1. The fraction of sp³-hybridized carbons (Fsp3) is 0.857. The van der Waals surface area contributed by atoms with Gasteiger partial charge in [-0.05, 0) is 0 Å². The van der Waals surface area contributed by atoms with Crippen LogP contribution in [0.4, 0.5) is 0 Å². The van der Waals surface area contributed by atoms with Gasteiger partial charge in [0, 0.05) is 6.42 Å². The number of nitrogens with one attached hydrogen (secondary N) is 1. The number of amides is 1. The Bertz CT molecular complexity index is 134. The molecule has 1 rings (SSSR count). The third-order valence-electron chi connectivity index (χ3n) is 2.10. The zero-order valence-corrected chi connectivity index (χ0v) is 6.63. The van der Waals surface area contributed by atoms with E-state index >= 15 is 0 Å². The molecule has 1 aliphatic rings. The van der Waals surface area contributed by atoms with Crippen LogP contribution in [0, 0.1) is 0 Å². The minimum atomic E-state index is 0.410. The van der Waals surface area contributed by atoms with Crippen molar-refractivity contribution >= 4 is 6.41 Å². The number of likely N-dealkylation sites (tertiary alicyclic amines) is 1. The van der Waals surface area contributed by atoms with Gasteiger partial charge in [0.25, 0.3) is 0 Å². The molecule has 0 radical (unpaired) electrons. The SMILES string of the molecule is C[N+]1(C)CC[C@H](NC=O)C1. The normalized spacial score (nSPS) is 30.0. The van der Waals surface area contributed by atoms with Crippen molar-refractivity contribution in [2.24, 2.45) is 0 Å². The van der Waals surface area contributed by atoms with E-state index in [9.17, 15) is 4.79 Å². The van der Waals surface area contributed by atoms with E-state index in [-0.39, 0.29) is 0 Å². The van der Waals surface area contributed by atoms with Gasteiger partial charge in [0.15, 0.2) is 0 Å². The number of carbonyl (C=O) groups excluding carboxylic acids is 1. The van der Waals surface area contributed by atoms with Crippen LogP contribution in [-0.2, 0) is 4.79 Å². The molecule has 58 valence electrons. The maximum atomic E-state index is 10.1. The van der Waals surface area contributed by atoms with Crippen LogP contribution >= 0.6 is 0 Å². The first kappa shape index (κ1) is 7.54. The molecule has 0 aromatic carbocycles. The van der Waals surface area contributed by atoms with Gasteiger partial charge in [0.05, 0.1) is 33.2 Å². The lowest BCUT2D eigenvalue weighted by molar-refractivity contribution is -0.878. The van der Waals surface area contributed by atoms with Crippen LogP contribution in [-0.4, -0.2) is 44.1 Å². The van der Waals surface area contributed by atoms with Gasteiger partial charge in [-0.1, -0.05) is 0 Å². The molecule has 0 spiro atoms. The molecular formula is C7H15N2O+. The summed E-state index contributed by atoms with van der Waals surface area (Å²) in [6, 6.07) is 0.410. The van der Waals surface area contributed by atoms with Crippen LogP contribution in [0.1, 0.15) is 6.42 Å². The van der Waals surface area contributed by atoms with E-state index in [2.05, 4.69) is 19.4 Å². The van der Waals surface area contributed by atoms with E-state index in [1.54, 1.807) is 0 Å². The van der Waals surface area contributed by atoms with E-state index in [0.717, 1.165) is 23.9 Å². The molecule has 0 saturated carbocycles. The van der Waals surface area contributed by atoms with Gasteiger partial charge in [0.1, 0.15) is 0 Å². The summed E-state index contributed by atoms with van der Waals surface area (Å²) in [5, 5.41) is 2.80. The zero-order valence-electron chi connectivity index (χ0n) is 6.63. The molecular weight excluding hydrogens is 128 g/mol. The van der Waals surface area contributed by atoms with E-state index in [4.69, 9.17) is 0 Å². The third kappa shape index (κ3) is 1.70. The molecule has 1 heterocycles. The van der Waals surface area contributed by atoms with Gasteiger partial charge in [0.2, 0.25) is 6.41 Å². The van der Waals surface area contributed by atoms with Crippen molar-refractivity contribution in [3.8, 4) is 0 Å². The molecule has 1 aliphatic heterocycles. The first-order valence-electron chi connectivity index (χ1n) is 3.66. The summed E-state index contributed by atoms with van der Waals surface area (Å²) < 4.78 is 1.03. The Kier molecular flexibility index (Phi) is 1.94. The lowest BCUT2D eigenvalue weighted by Crippen LogP contribution is -2.40. The monoisotopic (exact) mass is 143 g/mol. The Balaban J connectivity index is 2.35. The highest BCUT2D eigenvalue weighted by Crippen LogP contribution is 2.12. The Hall–Kier alpha value is -0.570. The van der Waals surface area contributed by atoms with Crippen molar-refractivity contribution in [3.63, 3.8) is 0 Å². The molecule has 3 nitrogen and oxygen atoms in total. The number of hydrogen-bond acceptors (Lipinski definition) is 1. The molecule has 1 saturated heterocycles. The Labute approximate surface area is 61.6 Å². The lowest BCUT2D eigenvalue weighted by Gasteiger charge is -2.22. The molecule has 10 heavy (non-hydrogen) atoms. The molecule has 0 unspecified atom stereocenters. The van der Waals surface area contributed by atoms with E-state index in [1.165, 1.54) is 6.54 Å². The van der Waals surface area contributed by atoms with Crippen LogP contribution in [0.25, 0.3) is 0 Å². The lowest BCUT2D eigenvalue weighted by atomic mass is 10.3. The molecule has 1 fully saturated rings. The molecule has 0 bridgehead atoms. The fourth-order valence-corrected chi connectivity index (χ4v) is 1.52. The quantitative estimate of drug-likeness (QED) is 0.413. The molecule has 3 heteroatoms. The summed E-state index contributed by atoms with van der Waals surface area (Å²) in [6.07, 6.45) is 1.92. The molecule has 1 N–H and O–H groups in total. The van der Waals surface area contributed by atoms with Crippen molar-refractivity contribution in [1.82, 2.24) is 5.32 Å². The van der Waals surface area contributed by atoms with E-state index < -0.39 is 0 Å². The average molecular weight is 143 g/mol. The smallest absolute Gasteiger partial charge is 0.207 e. The van der Waals surface area contributed by atoms with Gasteiger partial charge < -0.3 is 9.80 Å². The fourth-order valence-electron chi connectivity index (χ4n) is 1.52. The maximum Gasteiger partial charge on any atom is 0.207 e. The van der Waals surface area contributed by atoms with Crippen molar-refractivity contribution in [2.75, 3.05) is 27.2 Å². The highest BCUT2D eigenvalue weighted by Gasteiger charge is 2.29. The highest BCUT2D eigenvalue weighted by molar-refractivity contribution is 5.46. The van der Waals surface area contributed by atoms with E-state index in [0.29, 0.717) is 6.04 Å². The first-order chi connectivity index (χ1) is 4.64.